The third-order valence-corrected chi connectivity index (χ3v) is 4.58. The van der Waals surface area contributed by atoms with Crippen molar-refractivity contribution < 1.29 is 14.6 Å². The van der Waals surface area contributed by atoms with Gasteiger partial charge in [-0.15, -0.1) is 0 Å². The van der Waals surface area contributed by atoms with E-state index in [1.54, 1.807) is 7.11 Å². The van der Waals surface area contributed by atoms with Gasteiger partial charge in [-0.25, -0.2) is 0 Å². The van der Waals surface area contributed by atoms with Crippen LogP contribution in [0.25, 0.3) is 0 Å². The van der Waals surface area contributed by atoms with E-state index in [1.807, 2.05) is 31.2 Å². The van der Waals surface area contributed by atoms with E-state index in [2.05, 4.69) is 10.2 Å². The molecule has 1 heterocycles. The molecule has 0 spiro atoms. The van der Waals surface area contributed by atoms with Crippen molar-refractivity contribution >= 4 is 5.91 Å². The summed E-state index contributed by atoms with van der Waals surface area (Å²) >= 11 is 0. The number of aliphatic hydroxyl groups excluding tert-OH is 1. The minimum Gasteiger partial charge on any atom is -0.497 e. The molecule has 1 aromatic carbocycles. The molecule has 134 valence electrons. The van der Waals surface area contributed by atoms with Crippen LogP contribution in [0.1, 0.15) is 44.3 Å². The molecule has 5 nitrogen and oxygen atoms in total. The van der Waals surface area contributed by atoms with Crippen LogP contribution in [0.2, 0.25) is 0 Å². The number of carbonyl (C=O) groups excluding carboxylic acids is 1. The monoisotopic (exact) mass is 334 g/mol. The fourth-order valence-corrected chi connectivity index (χ4v) is 3.26. The number of likely N-dealkylation sites (tertiary alicyclic amines) is 1. The van der Waals surface area contributed by atoms with Gasteiger partial charge in [0.1, 0.15) is 5.75 Å². The molecule has 0 radical (unpaired) electrons. The van der Waals surface area contributed by atoms with Gasteiger partial charge in [-0.2, -0.15) is 0 Å². The predicted molar refractivity (Wildman–Crippen MR) is 95.0 cm³/mol. The van der Waals surface area contributed by atoms with E-state index >= 15 is 0 Å². The summed E-state index contributed by atoms with van der Waals surface area (Å²) in [6.07, 6.45) is 3.21. The number of nitrogens with zero attached hydrogens (tertiary/aromatic N) is 1. The van der Waals surface area contributed by atoms with Gasteiger partial charge in [0.25, 0.3) is 0 Å². The number of carbonyl (C=O) groups is 1. The first-order valence-electron chi connectivity index (χ1n) is 8.93. The topological polar surface area (TPSA) is 61.8 Å². The number of ether oxygens (including phenoxy) is 1. The van der Waals surface area contributed by atoms with E-state index in [9.17, 15) is 9.90 Å². The molecule has 24 heavy (non-hydrogen) atoms. The zero-order chi connectivity index (χ0) is 17.4. The van der Waals surface area contributed by atoms with Gasteiger partial charge >= 0.3 is 0 Å². The highest BCUT2D eigenvalue weighted by Gasteiger charge is 2.22. The summed E-state index contributed by atoms with van der Waals surface area (Å²) in [4.78, 5) is 13.9. The number of benzene rings is 1. The molecule has 1 aliphatic rings. The van der Waals surface area contributed by atoms with Gasteiger partial charge in [0.05, 0.1) is 13.2 Å². The number of rotatable bonds is 8. The highest BCUT2D eigenvalue weighted by atomic mass is 16.5. The van der Waals surface area contributed by atoms with Crippen molar-refractivity contribution in [2.75, 3.05) is 33.3 Å². The third-order valence-electron chi connectivity index (χ3n) is 4.58. The second-order valence-corrected chi connectivity index (χ2v) is 6.61. The summed E-state index contributed by atoms with van der Waals surface area (Å²) in [5, 5.41) is 13.5. The quantitative estimate of drug-likeness (QED) is 0.766. The van der Waals surface area contributed by atoms with E-state index in [0.29, 0.717) is 18.9 Å². The third kappa shape index (κ3) is 5.80. The van der Waals surface area contributed by atoms with E-state index in [1.165, 1.54) is 0 Å². The van der Waals surface area contributed by atoms with Gasteiger partial charge in [0.15, 0.2) is 0 Å². The van der Waals surface area contributed by atoms with Gasteiger partial charge in [-0.1, -0.05) is 19.1 Å². The first-order chi connectivity index (χ1) is 11.6. The lowest BCUT2D eigenvalue weighted by atomic mass is 9.97. The van der Waals surface area contributed by atoms with Crippen LogP contribution in [0.3, 0.4) is 0 Å². The molecule has 1 saturated heterocycles. The summed E-state index contributed by atoms with van der Waals surface area (Å²) in [5.74, 6) is 1.38. The SMILES string of the molecule is CCCC(=O)NCC1CCCN(CC(O)c2cccc(OC)c2)C1. The van der Waals surface area contributed by atoms with Crippen LogP contribution in [-0.4, -0.2) is 49.2 Å². The Kier molecular flexibility index (Phi) is 7.53. The van der Waals surface area contributed by atoms with Gasteiger partial charge in [-0.3, -0.25) is 4.79 Å². The number of methoxy groups -OCH3 is 1. The van der Waals surface area contributed by atoms with E-state index in [0.717, 1.165) is 50.2 Å². The van der Waals surface area contributed by atoms with Crippen molar-refractivity contribution in [1.29, 1.82) is 0 Å². The fourth-order valence-electron chi connectivity index (χ4n) is 3.26. The Morgan fingerprint density at radius 2 is 2.33 bits per heavy atom. The van der Waals surface area contributed by atoms with Crippen LogP contribution in [0.5, 0.6) is 5.75 Å². The lowest BCUT2D eigenvalue weighted by molar-refractivity contribution is -0.121. The zero-order valence-corrected chi connectivity index (χ0v) is 14.8. The number of hydrogen-bond acceptors (Lipinski definition) is 4. The average molecular weight is 334 g/mol. The minimum atomic E-state index is -0.520. The van der Waals surface area contributed by atoms with Crippen LogP contribution in [-0.2, 0) is 4.79 Å². The molecule has 2 N–H and O–H groups in total. The largest absolute Gasteiger partial charge is 0.497 e. The van der Waals surface area contributed by atoms with Gasteiger partial charge in [0.2, 0.25) is 5.91 Å². The lowest BCUT2D eigenvalue weighted by Crippen LogP contribution is -2.42. The summed E-state index contributed by atoms with van der Waals surface area (Å²) in [7, 11) is 1.63. The smallest absolute Gasteiger partial charge is 0.219 e. The summed E-state index contributed by atoms with van der Waals surface area (Å²) in [5.41, 5.74) is 0.882. The van der Waals surface area contributed by atoms with Crippen LogP contribution >= 0.6 is 0 Å². The number of amides is 1. The molecule has 2 atom stereocenters. The Labute approximate surface area is 145 Å². The van der Waals surface area contributed by atoms with Crippen molar-refractivity contribution in [3.63, 3.8) is 0 Å². The molecule has 0 aliphatic carbocycles. The van der Waals surface area contributed by atoms with Crippen molar-refractivity contribution in [3.05, 3.63) is 29.8 Å². The Bertz CT molecular complexity index is 521. The van der Waals surface area contributed by atoms with Crippen LogP contribution in [0.4, 0.5) is 0 Å². The van der Waals surface area contributed by atoms with E-state index in [-0.39, 0.29) is 5.91 Å². The predicted octanol–water partition coefficient (Wildman–Crippen LogP) is 2.36. The maximum absolute atomic E-state index is 11.6. The van der Waals surface area contributed by atoms with Crippen molar-refractivity contribution in [2.24, 2.45) is 5.92 Å². The summed E-state index contributed by atoms with van der Waals surface area (Å²) < 4.78 is 5.22. The Morgan fingerprint density at radius 1 is 1.50 bits per heavy atom. The van der Waals surface area contributed by atoms with Gasteiger partial charge in [-0.05, 0) is 49.4 Å². The Hall–Kier alpha value is -1.59. The maximum atomic E-state index is 11.6. The molecule has 0 saturated carbocycles. The highest BCUT2D eigenvalue weighted by molar-refractivity contribution is 5.75. The second-order valence-electron chi connectivity index (χ2n) is 6.61. The number of hydrogen-bond donors (Lipinski definition) is 2. The van der Waals surface area contributed by atoms with Crippen LogP contribution < -0.4 is 10.1 Å². The molecule has 1 amide bonds. The van der Waals surface area contributed by atoms with Crippen molar-refractivity contribution in [3.8, 4) is 5.75 Å². The van der Waals surface area contributed by atoms with Crippen LogP contribution in [0.15, 0.2) is 24.3 Å². The first-order valence-corrected chi connectivity index (χ1v) is 8.93. The van der Waals surface area contributed by atoms with Crippen molar-refractivity contribution in [2.45, 2.75) is 38.7 Å². The minimum absolute atomic E-state index is 0.144. The molecule has 5 heteroatoms. The van der Waals surface area contributed by atoms with Crippen LogP contribution in [0, 0.1) is 5.92 Å². The molecule has 0 bridgehead atoms. The fraction of sp³-hybridized carbons (Fsp3) is 0.632. The average Bonchev–Trinajstić information content (AvgIpc) is 2.60. The lowest BCUT2D eigenvalue weighted by Gasteiger charge is -2.34. The Balaban J connectivity index is 1.82. The second kappa shape index (κ2) is 9.64. The van der Waals surface area contributed by atoms with Gasteiger partial charge < -0.3 is 20.1 Å². The molecule has 2 unspecified atom stereocenters. The first kappa shape index (κ1) is 18.7. The van der Waals surface area contributed by atoms with E-state index < -0.39 is 6.10 Å². The molecular weight excluding hydrogens is 304 g/mol. The van der Waals surface area contributed by atoms with E-state index in [4.69, 9.17) is 4.74 Å². The van der Waals surface area contributed by atoms with Gasteiger partial charge in [0, 0.05) is 26.1 Å². The summed E-state index contributed by atoms with van der Waals surface area (Å²) in [6.45, 7) is 5.30. The van der Waals surface area contributed by atoms with Crippen molar-refractivity contribution in [1.82, 2.24) is 10.2 Å². The zero-order valence-electron chi connectivity index (χ0n) is 14.8. The highest BCUT2D eigenvalue weighted by Crippen LogP contribution is 2.22. The Morgan fingerprint density at radius 3 is 3.08 bits per heavy atom. The molecule has 2 rings (SSSR count). The number of aliphatic hydroxyl groups is 1. The molecule has 0 aromatic heterocycles. The number of β-amino-alcohol motifs (C(OH)–C–C–N with tert-alkyl or cyclic N) is 1. The molecule has 1 fully saturated rings. The maximum Gasteiger partial charge on any atom is 0.219 e. The molecule has 1 aliphatic heterocycles. The number of piperidine rings is 1. The number of nitrogens with one attached hydrogen (secondary N) is 1. The standard InChI is InChI=1S/C19H30N2O3/c1-3-6-19(23)20-12-15-7-5-10-21(13-15)14-18(22)16-8-4-9-17(11-16)24-2/h4,8-9,11,15,18,22H,3,5-7,10,12-14H2,1-2H3,(H,20,23). The normalized spacial score (nSPS) is 19.7. The summed E-state index contributed by atoms with van der Waals surface area (Å²) in [6, 6.07) is 7.60. The molecule has 1 aromatic rings. The molecular formula is C19H30N2O3.